The number of rotatable bonds is 10. The molecule has 0 unspecified atom stereocenters. The number of amides is 2. The highest BCUT2D eigenvalue weighted by molar-refractivity contribution is 7.99. The van der Waals surface area contributed by atoms with Crippen LogP contribution in [-0.4, -0.2) is 42.2 Å². The number of hydrogen-bond donors (Lipinski definition) is 2. The van der Waals surface area contributed by atoms with Crippen molar-refractivity contribution in [3.63, 3.8) is 0 Å². The fourth-order valence-electron chi connectivity index (χ4n) is 3.59. The average Bonchev–Trinajstić information content (AvgIpc) is 3.52. The van der Waals surface area contributed by atoms with Gasteiger partial charge in [-0.05, 0) is 18.1 Å². The number of benzene rings is 2. The molecular weight excluding hydrogens is 526 g/mol. The summed E-state index contributed by atoms with van der Waals surface area (Å²) in [5.41, 5.74) is 1.66. The Kier molecular flexibility index (Phi) is 8.48. The molecule has 11 nitrogen and oxygen atoms in total. The minimum atomic E-state index is -0.464. The van der Waals surface area contributed by atoms with Gasteiger partial charge in [0.05, 0.1) is 22.4 Å². The van der Waals surface area contributed by atoms with E-state index >= 15 is 0 Å². The molecule has 0 radical (unpaired) electrons. The lowest BCUT2D eigenvalue weighted by atomic mass is 10.0. The number of hydrogen-bond acceptors (Lipinski definition) is 9. The van der Waals surface area contributed by atoms with E-state index in [0.29, 0.717) is 32.9 Å². The Hall–Kier alpha value is -4.10. The van der Waals surface area contributed by atoms with Gasteiger partial charge in [-0.2, -0.15) is 0 Å². The van der Waals surface area contributed by atoms with Crippen LogP contribution in [-0.2, 0) is 11.8 Å². The topological polar surface area (TPSA) is 145 Å². The van der Waals surface area contributed by atoms with Gasteiger partial charge in [0, 0.05) is 35.7 Å². The highest BCUT2D eigenvalue weighted by atomic mass is 32.2. The van der Waals surface area contributed by atoms with Crippen LogP contribution in [0, 0.1) is 16.0 Å². The van der Waals surface area contributed by atoms with Crippen molar-refractivity contribution < 1.29 is 14.5 Å². The Bertz CT molecular complexity index is 1450. The third-order valence-electron chi connectivity index (χ3n) is 5.57. The van der Waals surface area contributed by atoms with Crippen LogP contribution in [0.1, 0.15) is 36.1 Å². The molecule has 2 aromatic carbocycles. The summed E-state index contributed by atoms with van der Waals surface area (Å²) >= 11 is 2.45. The first-order chi connectivity index (χ1) is 18.2. The number of nitrogens with one attached hydrogen (secondary N) is 2. The first-order valence-corrected chi connectivity index (χ1v) is 13.5. The fraction of sp³-hybridized carbons (Fsp3) is 0.240. The molecule has 0 saturated carbocycles. The first kappa shape index (κ1) is 26.9. The van der Waals surface area contributed by atoms with Crippen LogP contribution in [0.3, 0.4) is 0 Å². The zero-order chi connectivity index (χ0) is 27.2. The van der Waals surface area contributed by atoms with Gasteiger partial charge < -0.3 is 15.2 Å². The molecule has 0 spiro atoms. The fourth-order valence-corrected chi connectivity index (χ4v) is 5.05. The Morgan fingerprint density at radius 2 is 1.89 bits per heavy atom. The maximum absolute atomic E-state index is 12.7. The summed E-state index contributed by atoms with van der Waals surface area (Å²) in [7, 11) is 1.80. The van der Waals surface area contributed by atoms with Gasteiger partial charge in [-0.15, -0.1) is 21.5 Å². The third-order valence-corrected chi connectivity index (χ3v) is 7.35. The van der Waals surface area contributed by atoms with Gasteiger partial charge in [0.25, 0.3) is 11.6 Å². The van der Waals surface area contributed by atoms with E-state index in [1.165, 1.54) is 35.2 Å². The van der Waals surface area contributed by atoms with Crippen molar-refractivity contribution in [3.05, 3.63) is 81.5 Å². The molecule has 13 heteroatoms. The molecule has 0 fully saturated rings. The third kappa shape index (κ3) is 6.42. The van der Waals surface area contributed by atoms with Crippen molar-refractivity contribution >= 4 is 45.7 Å². The summed E-state index contributed by atoms with van der Waals surface area (Å²) in [4.78, 5) is 40.2. The van der Waals surface area contributed by atoms with Crippen LogP contribution in [0.5, 0.6) is 0 Å². The smallest absolute Gasteiger partial charge is 0.270 e. The SMILES string of the molecule is CC(C)[C@@H](NC(=O)c1ccccc1)c1nnc(SCC(=O)Nc2nc(-c3cccc([N+](=O)[O-])c3)cs2)n1C. The second-order valence-corrected chi connectivity index (χ2v) is 10.4. The molecule has 2 amide bonds. The van der Waals surface area contributed by atoms with Crippen molar-refractivity contribution in [2.45, 2.75) is 25.0 Å². The molecule has 0 saturated heterocycles. The van der Waals surface area contributed by atoms with E-state index in [2.05, 4.69) is 25.8 Å². The van der Waals surface area contributed by atoms with E-state index in [0.717, 1.165) is 0 Å². The number of nitro benzene ring substituents is 1. The van der Waals surface area contributed by atoms with E-state index in [1.807, 2.05) is 32.0 Å². The van der Waals surface area contributed by atoms with E-state index in [1.54, 1.807) is 41.3 Å². The largest absolute Gasteiger partial charge is 0.342 e. The average molecular weight is 552 g/mol. The number of non-ortho nitro benzene ring substituents is 1. The first-order valence-electron chi connectivity index (χ1n) is 11.6. The number of thioether (sulfide) groups is 1. The van der Waals surface area contributed by atoms with Gasteiger partial charge in [-0.1, -0.05) is 55.9 Å². The summed E-state index contributed by atoms with van der Waals surface area (Å²) < 4.78 is 1.78. The highest BCUT2D eigenvalue weighted by Crippen LogP contribution is 2.28. The zero-order valence-corrected chi connectivity index (χ0v) is 22.5. The van der Waals surface area contributed by atoms with E-state index in [-0.39, 0.29) is 35.2 Å². The van der Waals surface area contributed by atoms with Gasteiger partial charge >= 0.3 is 0 Å². The van der Waals surface area contributed by atoms with Crippen LogP contribution in [0.2, 0.25) is 0 Å². The van der Waals surface area contributed by atoms with Gasteiger partial charge in [-0.25, -0.2) is 4.98 Å². The lowest BCUT2D eigenvalue weighted by molar-refractivity contribution is -0.384. The van der Waals surface area contributed by atoms with Crippen LogP contribution in [0.15, 0.2) is 65.1 Å². The van der Waals surface area contributed by atoms with E-state index < -0.39 is 4.92 Å². The second kappa shape index (κ2) is 12.0. The van der Waals surface area contributed by atoms with Crippen LogP contribution < -0.4 is 10.6 Å². The Labute approximate surface area is 226 Å². The van der Waals surface area contributed by atoms with Crippen molar-refractivity contribution in [2.24, 2.45) is 13.0 Å². The van der Waals surface area contributed by atoms with Crippen molar-refractivity contribution in [1.29, 1.82) is 0 Å². The molecular formula is C25H25N7O4S2. The zero-order valence-electron chi connectivity index (χ0n) is 20.8. The summed E-state index contributed by atoms with van der Waals surface area (Å²) in [5.74, 6) is 0.233. The number of anilines is 1. The minimum absolute atomic E-state index is 0.0279. The Morgan fingerprint density at radius 3 is 2.61 bits per heavy atom. The van der Waals surface area contributed by atoms with E-state index in [4.69, 9.17) is 0 Å². The van der Waals surface area contributed by atoms with Crippen molar-refractivity contribution in [3.8, 4) is 11.3 Å². The highest BCUT2D eigenvalue weighted by Gasteiger charge is 2.25. The number of carbonyl (C=O) groups is 2. The summed E-state index contributed by atoms with van der Waals surface area (Å²) in [6.07, 6.45) is 0. The normalized spacial score (nSPS) is 11.8. The minimum Gasteiger partial charge on any atom is -0.342 e. The lowest BCUT2D eigenvalue weighted by Crippen LogP contribution is -2.33. The van der Waals surface area contributed by atoms with Crippen molar-refractivity contribution in [2.75, 3.05) is 11.1 Å². The van der Waals surface area contributed by atoms with Gasteiger partial charge in [-0.3, -0.25) is 19.7 Å². The predicted molar refractivity (Wildman–Crippen MR) is 146 cm³/mol. The molecule has 38 heavy (non-hydrogen) atoms. The van der Waals surface area contributed by atoms with Gasteiger partial charge in [0.2, 0.25) is 5.91 Å². The second-order valence-electron chi connectivity index (χ2n) is 8.64. The molecule has 1 atom stereocenters. The molecule has 2 N–H and O–H groups in total. The lowest BCUT2D eigenvalue weighted by Gasteiger charge is -2.21. The molecule has 4 rings (SSSR count). The van der Waals surface area contributed by atoms with Crippen LogP contribution in [0.25, 0.3) is 11.3 Å². The summed E-state index contributed by atoms with van der Waals surface area (Å²) in [5, 5.41) is 28.0. The molecule has 0 aliphatic heterocycles. The predicted octanol–water partition coefficient (Wildman–Crippen LogP) is 4.70. The van der Waals surface area contributed by atoms with Crippen LogP contribution in [0.4, 0.5) is 10.8 Å². The van der Waals surface area contributed by atoms with Gasteiger partial charge in [0.1, 0.15) is 0 Å². The number of nitrogens with zero attached hydrogens (tertiary/aromatic N) is 5. The van der Waals surface area contributed by atoms with E-state index in [9.17, 15) is 19.7 Å². The maximum Gasteiger partial charge on any atom is 0.270 e. The number of carbonyl (C=O) groups excluding carboxylic acids is 2. The molecule has 196 valence electrons. The Morgan fingerprint density at radius 1 is 1.13 bits per heavy atom. The summed E-state index contributed by atoms with van der Waals surface area (Å²) in [6, 6.07) is 14.8. The molecule has 0 bridgehead atoms. The molecule has 4 aromatic rings. The van der Waals surface area contributed by atoms with Crippen molar-refractivity contribution in [1.82, 2.24) is 25.1 Å². The molecule has 0 aliphatic carbocycles. The number of nitro groups is 1. The maximum atomic E-state index is 12.7. The monoisotopic (exact) mass is 551 g/mol. The standard InChI is InChI=1S/C25H25N7O4S2/c1-15(2)21(28-23(34)16-8-5-4-6-9-16)22-29-30-25(31(22)3)38-14-20(33)27-24-26-19(13-37-24)17-10-7-11-18(12-17)32(35)36/h4-13,15,21H,14H2,1-3H3,(H,28,34)(H,26,27,33)/t21-/m1/s1. The molecule has 2 heterocycles. The molecule has 0 aliphatic rings. The Balaban J connectivity index is 1.37. The quantitative estimate of drug-likeness (QED) is 0.164. The number of aromatic nitrogens is 4. The molecule has 2 aromatic heterocycles. The van der Waals surface area contributed by atoms with Gasteiger partial charge in [0.15, 0.2) is 16.1 Å². The summed E-state index contributed by atoms with van der Waals surface area (Å²) in [6.45, 7) is 3.97. The number of thiazole rings is 1. The van der Waals surface area contributed by atoms with Crippen LogP contribution >= 0.6 is 23.1 Å².